The van der Waals surface area contributed by atoms with Crippen LogP contribution in [0.2, 0.25) is 15.1 Å². The Balaban J connectivity index is 1.76. The fourth-order valence-electron chi connectivity index (χ4n) is 2.65. The molecular weight excluding hydrogens is 409 g/mol. The summed E-state index contributed by atoms with van der Waals surface area (Å²) in [5.41, 5.74) is 2.21. The molecule has 2 amide bonds. The molecule has 3 rings (SSSR count). The molecule has 0 saturated heterocycles. The number of halogens is 3. The van der Waals surface area contributed by atoms with Crippen LogP contribution in [0.4, 0.5) is 5.69 Å². The lowest BCUT2D eigenvalue weighted by molar-refractivity contribution is -0.135. The highest BCUT2D eigenvalue weighted by Gasteiger charge is 2.25. The Bertz CT molecular complexity index is 913. The molecule has 1 aliphatic rings. The number of hydrogen-bond donors (Lipinski definition) is 0. The first kappa shape index (κ1) is 19.7. The molecule has 2 aromatic rings. The number of carbonyl (C=O) groups is 2. The minimum absolute atomic E-state index is 0.160. The van der Waals surface area contributed by atoms with Gasteiger partial charge < -0.3 is 4.90 Å². The molecule has 0 radical (unpaired) electrons. The molecular formula is C19H16Cl3N3O2. The minimum atomic E-state index is -0.289. The molecule has 0 N–H and O–H groups in total. The Morgan fingerprint density at radius 1 is 1.07 bits per heavy atom. The summed E-state index contributed by atoms with van der Waals surface area (Å²) >= 11 is 17.8. The quantitative estimate of drug-likeness (QED) is 0.718. The number of nitrogens with zero attached hydrogens (tertiary/aromatic N) is 3. The second-order valence-electron chi connectivity index (χ2n) is 6.06. The summed E-state index contributed by atoms with van der Waals surface area (Å²) < 4.78 is 0. The van der Waals surface area contributed by atoms with Gasteiger partial charge >= 0.3 is 0 Å². The molecule has 0 aliphatic carbocycles. The molecule has 0 aromatic heterocycles. The van der Waals surface area contributed by atoms with Gasteiger partial charge in [0, 0.05) is 30.6 Å². The van der Waals surface area contributed by atoms with Crippen molar-refractivity contribution in [2.75, 3.05) is 18.5 Å². The fourth-order valence-corrected chi connectivity index (χ4v) is 3.06. The summed E-state index contributed by atoms with van der Waals surface area (Å²) in [7, 11) is 1.61. The van der Waals surface area contributed by atoms with Gasteiger partial charge in [-0.05, 0) is 35.9 Å². The molecule has 0 unspecified atom stereocenters. The number of anilines is 1. The largest absolute Gasteiger partial charge is 0.314 e. The van der Waals surface area contributed by atoms with E-state index in [1.165, 1.54) is 9.91 Å². The van der Waals surface area contributed by atoms with Crippen LogP contribution in [0, 0.1) is 0 Å². The first-order chi connectivity index (χ1) is 12.8. The third-order valence-electron chi connectivity index (χ3n) is 4.23. The van der Waals surface area contributed by atoms with Crippen molar-refractivity contribution < 1.29 is 9.59 Å². The number of likely N-dealkylation sites (N-methyl/N-ethyl adjacent to an activating group) is 1. The number of rotatable bonds is 4. The number of carbonyl (C=O) groups excluding carboxylic acids is 2. The van der Waals surface area contributed by atoms with Crippen molar-refractivity contribution in [2.45, 2.75) is 12.8 Å². The molecule has 1 aliphatic heterocycles. The number of hydrogen-bond acceptors (Lipinski definition) is 3. The van der Waals surface area contributed by atoms with Gasteiger partial charge in [-0.3, -0.25) is 9.59 Å². The monoisotopic (exact) mass is 423 g/mol. The van der Waals surface area contributed by atoms with Crippen LogP contribution in [0.1, 0.15) is 18.4 Å². The lowest BCUT2D eigenvalue weighted by Gasteiger charge is -2.26. The summed E-state index contributed by atoms with van der Waals surface area (Å²) in [4.78, 5) is 26.2. The van der Waals surface area contributed by atoms with Gasteiger partial charge in [0.05, 0.1) is 15.8 Å². The average molecular weight is 425 g/mol. The van der Waals surface area contributed by atoms with Crippen LogP contribution >= 0.6 is 34.8 Å². The number of benzene rings is 2. The Morgan fingerprint density at radius 2 is 1.78 bits per heavy atom. The summed E-state index contributed by atoms with van der Waals surface area (Å²) in [5.74, 6) is -0.480. The maximum absolute atomic E-state index is 12.6. The highest BCUT2D eigenvalue weighted by Crippen LogP contribution is 2.27. The van der Waals surface area contributed by atoms with Gasteiger partial charge in [-0.25, -0.2) is 5.01 Å². The maximum atomic E-state index is 12.6. The van der Waals surface area contributed by atoms with Crippen LogP contribution < -0.4 is 4.90 Å². The third-order valence-corrected chi connectivity index (χ3v) is 5.22. The molecule has 0 atom stereocenters. The van der Waals surface area contributed by atoms with E-state index in [2.05, 4.69) is 5.10 Å². The normalized spacial score (nSPS) is 14.1. The SMILES string of the molecule is CN(C(=O)CN1N=C(c2ccc(Cl)cc2)CCC1=O)c1ccc(Cl)c(Cl)c1. The van der Waals surface area contributed by atoms with E-state index in [-0.39, 0.29) is 18.4 Å². The maximum Gasteiger partial charge on any atom is 0.248 e. The summed E-state index contributed by atoms with van der Waals surface area (Å²) in [6, 6.07) is 12.1. The van der Waals surface area contributed by atoms with Crippen molar-refractivity contribution in [2.24, 2.45) is 5.10 Å². The van der Waals surface area contributed by atoms with Crippen LogP contribution in [0.15, 0.2) is 47.6 Å². The van der Waals surface area contributed by atoms with Crippen molar-refractivity contribution in [3.8, 4) is 0 Å². The zero-order chi connectivity index (χ0) is 19.6. The van der Waals surface area contributed by atoms with Gasteiger partial charge in [0.2, 0.25) is 11.8 Å². The molecule has 0 bridgehead atoms. The lowest BCUT2D eigenvalue weighted by atomic mass is 10.0. The smallest absolute Gasteiger partial charge is 0.248 e. The molecule has 8 heteroatoms. The average Bonchev–Trinajstić information content (AvgIpc) is 2.66. The predicted molar refractivity (Wildman–Crippen MR) is 109 cm³/mol. The zero-order valence-corrected chi connectivity index (χ0v) is 16.7. The predicted octanol–water partition coefficient (Wildman–Crippen LogP) is 4.64. The highest BCUT2D eigenvalue weighted by atomic mass is 35.5. The Hall–Kier alpha value is -2.08. The van der Waals surface area contributed by atoms with Crippen molar-refractivity contribution >= 4 is 58.0 Å². The van der Waals surface area contributed by atoms with Crippen LogP contribution in [0.25, 0.3) is 0 Å². The van der Waals surface area contributed by atoms with Crippen LogP contribution in [-0.4, -0.2) is 36.1 Å². The van der Waals surface area contributed by atoms with Gasteiger partial charge in [-0.2, -0.15) is 5.10 Å². The summed E-state index contributed by atoms with van der Waals surface area (Å²) in [6.07, 6.45) is 0.818. The van der Waals surface area contributed by atoms with Crippen molar-refractivity contribution in [1.29, 1.82) is 0 Å². The van der Waals surface area contributed by atoms with Crippen molar-refractivity contribution in [3.63, 3.8) is 0 Å². The zero-order valence-electron chi connectivity index (χ0n) is 14.5. The summed E-state index contributed by atoms with van der Waals surface area (Å²) in [6.45, 7) is -0.160. The van der Waals surface area contributed by atoms with E-state index in [0.29, 0.717) is 33.6 Å². The van der Waals surface area contributed by atoms with E-state index in [1.807, 2.05) is 12.1 Å². The van der Waals surface area contributed by atoms with Gasteiger partial charge in [0.1, 0.15) is 6.54 Å². The van der Waals surface area contributed by atoms with Crippen molar-refractivity contribution in [3.05, 3.63) is 63.1 Å². The Labute approximate surface area is 172 Å². The second kappa shape index (κ2) is 8.30. The highest BCUT2D eigenvalue weighted by molar-refractivity contribution is 6.42. The minimum Gasteiger partial charge on any atom is -0.314 e. The first-order valence-electron chi connectivity index (χ1n) is 8.20. The van der Waals surface area contributed by atoms with Gasteiger partial charge in [-0.15, -0.1) is 0 Å². The van der Waals surface area contributed by atoms with Crippen molar-refractivity contribution in [1.82, 2.24) is 5.01 Å². The van der Waals surface area contributed by atoms with Crippen LogP contribution in [0.3, 0.4) is 0 Å². The van der Waals surface area contributed by atoms with Gasteiger partial charge in [-0.1, -0.05) is 46.9 Å². The molecule has 27 heavy (non-hydrogen) atoms. The first-order valence-corrected chi connectivity index (χ1v) is 9.34. The molecule has 2 aromatic carbocycles. The third kappa shape index (κ3) is 4.61. The van der Waals surface area contributed by atoms with E-state index >= 15 is 0 Å². The molecule has 0 spiro atoms. The molecule has 0 fully saturated rings. The number of amides is 2. The Morgan fingerprint density at radius 3 is 2.44 bits per heavy atom. The van der Waals surface area contributed by atoms with E-state index < -0.39 is 0 Å². The fraction of sp³-hybridized carbons (Fsp3) is 0.211. The topological polar surface area (TPSA) is 53.0 Å². The van der Waals surface area contributed by atoms with E-state index in [1.54, 1.807) is 37.4 Å². The standard InChI is InChI=1S/C19H16Cl3N3O2/c1-24(14-6-7-15(21)16(22)10-14)19(27)11-25-18(26)9-8-17(23-25)12-2-4-13(20)5-3-12/h2-7,10H,8-9,11H2,1H3. The van der Waals surface area contributed by atoms with Crippen LogP contribution in [-0.2, 0) is 9.59 Å². The molecule has 5 nitrogen and oxygen atoms in total. The lowest BCUT2D eigenvalue weighted by Crippen LogP contribution is -2.41. The van der Waals surface area contributed by atoms with Gasteiger partial charge in [0.15, 0.2) is 0 Å². The number of hydrazone groups is 1. The van der Waals surface area contributed by atoms with E-state index in [4.69, 9.17) is 34.8 Å². The van der Waals surface area contributed by atoms with Crippen LogP contribution in [0.5, 0.6) is 0 Å². The second-order valence-corrected chi connectivity index (χ2v) is 7.31. The molecule has 140 valence electrons. The van der Waals surface area contributed by atoms with E-state index in [0.717, 1.165) is 11.3 Å². The summed E-state index contributed by atoms with van der Waals surface area (Å²) in [5, 5.41) is 6.97. The van der Waals surface area contributed by atoms with E-state index in [9.17, 15) is 9.59 Å². The van der Waals surface area contributed by atoms with Gasteiger partial charge in [0.25, 0.3) is 0 Å². The Kier molecular flexibility index (Phi) is 6.05. The molecule has 0 saturated carbocycles. The molecule has 1 heterocycles.